The van der Waals surface area contributed by atoms with Gasteiger partial charge in [-0.2, -0.15) is 0 Å². The van der Waals surface area contributed by atoms with Crippen molar-refractivity contribution in [3.8, 4) is 0 Å². The number of rotatable bonds is 3. The second-order valence-corrected chi connectivity index (χ2v) is 5.88. The Morgan fingerprint density at radius 2 is 1.88 bits per heavy atom. The zero-order valence-electron chi connectivity index (χ0n) is 9.91. The largest absolute Gasteiger partial charge is 0.390 e. The first-order valence-electron chi connectivity index (χ1n) is 5.95. The summed E-state index contributed by atoms with van der Waals surface area (Å²) < 4.78 is 0. The lowest BCUT2D eigenvalue weighted by Gasteiger charge is -2.46. The van der Waals surface area contributed by atoms with Gasteiger partial charge in [-0.15, -0.1) is 0 Å². The highest BCUT2D eigenvalue weighted by Crippen LogP contribution is 2.43. The third-order valence-electron chi connectivity index (χ3n) is 3.67. The minimum absolute atomic E-state index is 0.469. The average molecular weight is 239 g/mol. The van der Waals surface area contributed by atoms with Crippen molar-refractivity contribution in [2.24, 2.45) is 11.8 Å². The molecule has 1 N–H and O–H groups in total. The summed E-state index contributed by atoms with van der Waals surface area (Å²) in [5, 5.41) is 11.1. The van der Waals surface area contributed by atoms with Crippen molar-refractivity contribution in [3.05, 3.63) is 34.9 Å². The van der Waals surface area contributed by atoms with Crippen molar-refractivity contribution < 1.29 is 5.11 Å². The lowest BCUT2D eigenvalue weighted by Crippen LogP contribution is -2.47. The number of aliphatic hydroxyl groups is 1. The molecule has 1 nitrogen and oxygen atoms in total. The Balaban J connectivity index is 1.94. The van der Waals surface area contributed by atoms with Gasteiger partial charge in [0.25, 0.3) is 0 Å². The van der Waals surface area contributed by atoms with Gasteiger partial charge in [0.15, 0.2) is 0 Å². The fourth-order valence-corrected chi connectivity index (χ4v) is 2.64. The summed E-state index contributed by atoms with van der Waals surface area (Å²) in [5.41, 5.74) is 0.706. The van der Waals surface area contributed by atoms with Crippen molar-refractivity contribution in [2.45, 2.75) is 38.7 Å². The van der Waals surface area contributed by atoms with Gasteiger partial charge in [0.05, 0.1) is 5.60 Å². The lowest BCUT2D eigenvalue weighted by molar-refractivity contribution is -0.0860. The van der Waals surface area contributed by atoms with Gasteiger partial charge in [-0.05, 0) is 42.4 Å². The van der Waals surface area contributed by atoms with Gasteiger partial charge in [0, 0.05) is 11.4 Å². The van der Waals surface area contributed by atoms with E-state index >= 15 is 0 Å². The molecular weight excluding hydrogens is 220 g/mol. The second-order valence-electron chi connectivity index (χ2n) is 5.44. The van der Waals surface area contributed by atoms with E-state index in [0.29, 0.717) is 11.8 Å². The van der Waals surface area contributed by atoms with Crippen LogP contribution in [0.3, 0.4) is 0 Å². The van der Waals surface area contributed by atoms with Crippen LogP contribution in [0.4, 0.5) is 0 Å². The molecular formula is C14H19ClO. The molecule has 2 heteroatoms. The Hall–Kier alpha value is -0.530. The van der Waals surface area contributed by atoms with Crippen LogP contribution in [-0.4, -0.2) is 10.7 Å². The van der Waals surface area contributed by atoms with E-state index < -0.39 is 5.60 Å². The normalized spacial score (nSPS) is 29.2. The summed E-state index contributed by atoms with van der Waals surface area (Å²) in [7, 11) is 0. The van der Waals surface area contributed by atoms with Gasteiger partial charge < -0.3 is 5.11 Å². The van der Waals surface area contributed by atoms with Crippen molar-refractivity contribution in [1.82, 2.24) is 0 Å². The lowest BCUT2D eigenvalue weighted by atomic mass is 9.64. The zero-order chi connectivity index (χ0) is 11.8. The SMILES string of the molecule is CC(C)C1CC(O)(Cc2ccc(Cl)cc2)C1. The molecule has 0 radical (unpaired) electrons. The standard InChI is InChI=1S/C14H19ClO/c1-10(2)12-8-14(16,9-12)7-11-3-5-13(15)6-4-11/h3-6,10,12,16H,7-9H2,1-2H3. The summed E-state index contributed by atoms with van der Waals surface area (Å²) in [6.07, 6.45) is 2.63. The van der Waals surface area contributed by atoms with Gasteiger partial charge in [-0.25, -0.2) is 0 Å². The molecule has 2 rings (SSSR count). The van der Waals surface area contributed by atoms with Gasteiger partial charge in [-0.3, -0.25) is 0 Å². The second kappa shape index (κ2) is 4.38. The molecule has 1 fully saturated rings. The molecule has 16 heavy (non-hydrogen) atoms. The minimum Gasteiger partial charge on any atom is -0.390 e. The van der Waals surface area contributed by atoms with Crippen LogP contribution in [0.1, 0.15) is 32.3 Å². The predicted octanol–water partition coefficient (Wildman–Crippen LogP) is 3.68. The van der Waals surface area contributed by atoms with Crippen LogP contribution in [0.25, 0.3) is 0 Å². The summed E-state index contributed by atoms with van der Waals surface area (Å²) in [6, 6.07) is 7.78. The minimum atomic E-state index is -0.469. The molecule has 1 saturated carbocycles. The molecule has 0 unspecified atom stereocenters. The highest BCUT2D eigenvalue weighted by Gasteiger charge is 2.43. The van der Waals surface area contributed by atoms with E-state index in [1.807, 2.05) is 24.3 Å². The molecule has 0 amide bonds. The molecule has 0 saturated heterocycles. The maximum absolute atomic E-state index is 10.3. The Kier molecular flexibility index (Phi) is 3.27. The third-order valence-corrected chi connectivity index (χ3v) is 3.93. The van der Waals surface area contributed by atoms with E-state index in [0.717, 1.165) is 24.3 Å². The topological polar surface area (TPSA) is 20.2 Å². The van der Waals surface area contributed by atoms with Crippen LogP contribution >= 0.6 is 11.6 Å². The summed E-state index contributed by atoms with van der Waals surface area (Å²) in [5.74, 6) is 1.38. The van der Waals surface area contributed by atoms with Crippen molar-refractivity contribution in [3.63, 3.8) is 0 Å². The van der Waals surface area contributed by atoms with E-state index in [1.165, 1.54) is 5.56 Å². The highest BCUT2D eigenvalue weighted by molar-refractivity contribution is 6.30. The van der Waals surface area contributed by atoms with Gasteiger partial charge in [0.1, 0.15) is 0 Å². The zero-order valence-corrected chi connectivity index (χ0v) is 10.7. The van der Waals surface area contributed by atoms with E-state index in [9.17, 15) is 5.11 Å². The van der Waals surface area contributed by atoms with E-state index in [2.05, 4.69) is 13.8 Å². The van der Waals surface area contributed by atoms with Crippen LogP contribution in [0.2, 0.25) is 5.02 Å². The Labute approximate surface area is 102 Å². The summed E-state index contributed by atoms with van der Waals surface area (Å²) in [4.78, 5) is 0. The quantitative estimate of drug-likeness (QED) is 0.852. The average Bonchev–Trinajstić information content (AvgIpc) is 2.17. The van der Waals surface area contributed by atoms with Gasteiger partial charge in [-0.1, -0.05) is 37.6 Å². The maximum atomic E-state index is 10.3. The van der Waals surface area contributed by atoms with Crippen LogP contribution in [0.15, 0.2) is 24.3 Å². The molecule has 0 aromatic heterocycles. The Morgan fingerprint density at radius 1 is 1.31 bits per heavy atom. The van der Waals surface area contributed by atoms with E-state index in [1.54, 1.807) is 0 Å². The van der Waals surface area contributed by atoms with E-state index in [-0.39, 0.29) is 0 Å². The third kappa shape index (κ3) is 2.58. The first kappa shape index (κ1) is 11.9. The molecule has 88 valence electrons. The van der Waals surface area contributed by atoms with Crippen LogP contribution in [-0.2, 0) is 6.42 Å². The fourth-order valence-electron chi connectivity index (χ4n) is 2.51. The molecule has 0 spiro atoms. The molecule has 1 aliphatic carbocycles. The van der Waals surface area contributed by atoms with Gasteiger partial charge >= 0.3 is 0 Å². The van der Waals surface area contributed by atoms with Crippen LogP contribution in [0, 0.1) is 11.8 Å². The summed E-state index contributed by atoms with van der Waals surface area (Å²) >= 11 is 5.83. The molecule has 0 atom stereocenters. The van der Waals surface area contributed by atoms with Crippen molar-refractivity contribution in [1.29, 1.82) is 0 Å². The molecule has 0 bridgehead atoms. The molecule has 1 aliphatic rings. The number of halogens is 1. The number of hydrogen-bond acceptors (Lipinski definition) is 1. The van der Waals surface area contributed by atoms with Crippen molar-refractivity contribution >= 4 is 11.6 Å². The fraction of sp³-hybridized carbons (Fsp3) is 0.571. The summed E-state index contributed by atoms with van der Waals surface area (Å²) in [6.45, 7) is 4.46. The molecule has 1 aromatic rings. The van der Waals surface area contributed by atoms with Gasteiger partial charge in [0.2, 0.25) is 0 Å². The Bertz CT molecular complexity index is 350. The molecule has 1 aromatic carbocycles. The predicted molar refractivity (Wildman–Crippen MR) is 67.7 cm³/mol. The molecule has 0 heterocycles. The molecule has 0 aliphatic heterocycles. The van der Waals surface area contributed by atoms with Crippen LogP contribution in [0.5, 0.6) is 0 Å². The maximum Gasteiger partial charge on any atom is 0.0693 e. The monoisotopic (exact) mass is 238 g/mol. The number of benzene rings is 1. The first-order valence-corrected chi connectivity index (χ1v) is 6.33. The van der Waals surface area contributed by atoms with Crippen molar-refractivity contribution in [2.75, 3.05) is 0 Å². The number of hydrogen-bond donors (Lipinski definition) is 1. The first-order chi connectivity index (χ1) is 7.48. The Morgan fingerprint density at radius 3 is 2.38 bits per heavy atom. The van der Waals surface area contributed by atoms with Crippen LogP contribution < -0.4 is 0 Å². The van der Waals surface area contributed by atoms with E-state index in [4.69, 9.17) is 11.6 Å². The highest BCUT2D eigenvalue weighted by atomic mass is 35.5. The smallest absolute Gasteiger partial charge is 0.0693 e.